The van der Waals surface area contributed by atoms with Crippen molar-refractivity contribution >= 4 is 11.9 Å². The van der Waals surface area contributed by atoms with Gasteiger partial charge in [0, 0.05) is 45.4 Å². The zero-order valence-electron chi connectivity index (χ0n) is 19.4. The fourth-order valence-electron chi connectivity index (χ4n) is 3.25. The Labute approximate surface area is 201 Å². The highest BCUT2D eigenvalue weighted by atomic mass is 19.4. The van der Waals surface area contributed by atoms with Crippen LogP contribution < -0.4 is 4.74 Å². The van der Waals surface area contributed by atoms with Crippen molar-refractivity contribution in [3.8, 4) is 5.75 Å². The van der Waals surface area contributed by atoms with E-state index in [-0.39, 0.29) is 0 Å². The van der Waals surface area contributed by atoms with Crippen LogP contribution in [-0.2, 0) is 34.5 Å². The number of carboxylic acids is 2. The number of alkyl halides is 6. The van der Waals surface area contributed by atoms with Crippen LogP contribution in [0.5, 0.6) is 5.75 Å². The quantitative estimate of drug-likeness (QED) is 0.567. The number of carboxylic acid groups (broad SMARTS) is 2. The minimum absolute atomic E-state index is 0.375. The normalized spacial score (nSPS) is 15.5. The van der Waals surface area contributed by atoms with E-state index in [0.717, 1.165) is 32.0 Å². The van der Waals surface area contributed by atoms with Crippen LogP contribution in [0.25, 0.3) is 0 Å². The average Bonchev–Trinajstić information content (AvgIpc) is 3.15. The second-order valence-electron chi connectivity index (χ2n) is 7.46. The molecule has 0 radical (unpaired) electrons. The van der Waals surface area contributed by atoms with Gasteiger partial charge in [-0.1, -0.05) is 12.1 Å². The Kier molecular flexibility index (Phi) is 11.2. The second kappa shape index (κ2) is 13.1. The summed E-state index contributed by atoms with van der Waals surface area (Å²) in [5.41, 5.74) is 3.77. The molecule has 0 aliphatic carbocycles. The molecule has 0 bridgehead atoms. The van der Waals surface area contributed by atoms with Crippen molar-refractivity contribution in [3.05, 3.63) is 47.5 Å². The highest BCUT2D eigenvalue weighted by Gasteiger charge is 2.38. The summed E-state index contributed by atoms with van der Waals surface area (Å²) in [6.45, 7) is 3.53. The molecule has 2 aromatic rings. The predicted octanol–water partition coefficient (Wildman–Crippen LogP) is 3.44. The maximum Gasteiger partial charge on any atom is 0.490 e. The Morgan fingerprint density at radius 3 is 1.94 bits per heavy atom. The summed E-state index contributed by atoms with van der Waals surface area (Å²) >= 11 is 0. The van der Waals surface area contributed by atoms with Crippen LogP contribution in [0.4, 0.5) is 26.3 Å². The molecule has 0 amide bonds. The molecule has 1 atom stereocenters. The zero-order valence-corrected chi connectivity index (χ0v) is 19.4. The maximum atomic E-state index is 10.6. The van der Waals surface area contributed by atoms with E-state index in [9.17, 15) is 26.3 Å². The first-order chi connectivity index (χ1) is 16.6. The minimum Gasteiger partial charge on any atom is -0.497 e. The summed E-state index contributed by atoms with van der Waals surface area (Å²) in [5.74, 6) is -4.24. The van der Waals surface area contributed by atoms with Gasteiger partial charge < -0.3 is 24.3 Å². The molecule has 2 heterocycles. The number of aliphatic carboxylic acids is 2. The van der Waals surface area contributed by atoms with E-state index in [0.29, 0.717) is 5.92 Å². The molecule has 1 aliphatic heterocycles. The zero-order chi connectivity index (χ0) is 27.7. The minimum atomic E-state index is -5.08. The van der Waals surface area contributed by atoms with E-state index in [1.807, 2.05) is 18.5 Å². The molecule has 0 spiro atoms. The van der Waals surface area contributed by atoms with Crippen molar-refractivity contribution in [2.75, 3.05) is 27.4 Å². The number of hydrogen-bond acceptors (Lipinski definition) is 6. The van der Waals surface area contributed by atoms with E-state index >= 15 is 0 Å². The number of aromatic nitrogens is 2. The fraction of sp³-hybridized carbons (Fsp3) is 0.476. The summed E-state index contributed by atoms with van der Waals surface area (Å²) in [5, 5.41) is 14.2. The van der Waals surface area contributed by atoms with Crippen LogP contribution in [0.15, 0.2) is 30.6 Å². The number of methoxy groups -OCH3 is 2. The number of benzene rings is 1. The number of rotatable bonds is 5. The van der Waals surface area contributed by atoms with Crippen LogP contribution in [0.1, 0.15) is 22.9 Å². The van der Waals surface area contributed by atoms with Crippen LogP contribution >= 0.6 is 0 Å². The fourth-order valence-corrected chi connectivity index (χ4v) is 3.25. The summed E-state index contributed by atoms with van der Waals surface area (Å²) in [6, 6.07) is 8.27. The highest BCUT2D eigenvalue weighted by molar-refractivity contribution is 5.73. The van der Waals surface area contributed by atoms with Gasteiger partial charge in [-0.3, -0.25) is 4.90 Å². The number of ether oxygens (including phenoxy) is 2. The number of hydrogen-bond donors (Lipinski definition) is 2. The van der Waals surface area contributed by atoms with E-state index in [1.54, 1.807) is 14.2 Å². The standard InChI is InChI=1S/C17H23N3O2.2C2HF3O2/c1-19-12-18-16-10-20(9-14(11-21-2)17(16)19)8-13-4-6-15(22-3)7-5-13;2*3-2(4,5)1(6)7/h4-7,12,14H,8-11H2,1-3H3;2*(H,6,7). The number of fused-ring (bicyclic) bond motifs is 1. The maximum absolute atomic E-state index is 10.6. The number of aryl methyl sites for hydroxylation is 1. The molecule has 1 aromatic carbocycles. The lowest BCUT2D eigenvalue weighted by Gasteiger charge is -2.32. The lowest BCUT2D eigenvalue weighted by Crippen LogP contribution is -2.35. The lowest BCUT2D eigenvalue weighted by molar-refractivity contribution is -0.193. The van der Waals surface area contributed by atoms with Crippen molar-refractivity contribution in [1.29, 1.82) is 0 Å². The van der Waals surface area contributed by atoms with Crippen LogP contribution in [0.2, 0.25) is 0 Å². The number of imidazole rings is 1. The van der Waals surface area contributed by atoms with Gasteiger partial charge in [-0.05, 0) is 17.7 Å². The highest BCUT2D eigenvalue weighted by Crippen LogP contribution is 2.28. The monoisotopic (exact) mass is 529 g/mol. The summed E-state index contributed by atoms with van der Waals surface area (Å²) < 4.78 is 76.2. The van der Waals surface area contributed by atoms with Gasteiger partial charge in [0.1, 0.15) is 5.75 Å². The smallest absolute Gasteiger partial charge is 0.490 e. The molecule has 0 saturated carbocycles. The SMILES string of the molecule is COCC1CN(Cc2ccc(OC)cc2)Cc2ncn(C)c21.O=C(O)C(F)(F)F.O=C(O)C(F)(F)F. The first-order valence-corrected chi connectivity index (χ1v) is 10.0. The summed E-state index contributed by atoms with van der Waals surface area (Å²) in [7, 11) is 5.52. The Hall–Kier alpha value is -3.33. The Morgan fingerprint density at radius 2 is 1.53 bits per heavy atom. The molecule has 2 N–H and O–H groups in total. The molecular weight excluding hydrogens is 504 g/mol. The van der Waals surface area contributed by atoms with Gasteiger partial charge in [-0.2, -0.15) is 26.3 Å². The largest absolute Gasteiger partial charge is 0.497 e. The number of carbonyl (C=O) groups is 2. The number of nitrogens with zero attached hydrogens (tertiary/aromatic N) is 3. The van der Waals surface area contributed by atoms with Gasteiger partial charge in [-0.15, -0.1) is 0 Å². The van der Waals surface area contributed by atoms with Crippen LogP contribution in [0.3, 0.4) is 0 Å². The van der Waals surface area contributed by atoms with E-state index < -0.39 is 24.3 Å². The van der Waals surface area contributed by atoms with Gasteiger partial charge in [0.2, 0.25) is 0 Å². The van der Waals surface area contributed by atoms with Gasteiger partial charge >= 0.3 is 24.3 Å². The molecular formula is C21H25F6N3O6. The van der Waals surface area contributed by atoms with Crippen molar-refractivity contribution in [2.45, 2.75) is 31.4 Å². The molecule has 9 nitrogen and oxygen atoms in total. The predicted molar refractivity (Wildman–Crippen MR) is 112 cm³/mol. The molecule has 3 rings (SSSR count). The first kappa shape index (κ1) is 30.7. The molecule has 1 aromatic heterocycles. The Balaban J connectivity index is 0.000000383. The molecule has 0 saturated heterocycles. The third kappa shape index (κ3) is 9.73. The molecule has 202 valence electrons. The topological polar surface area (TPSA) is 114 Å². The summed E-state index contributed by atoms with van der Waals surface area (Å²) in [6.07, 6.45) is -8.26. The van der Waals surface area contributed by atoms with Crippen molar-refractivity contribution in [2.24, 2.45) is 7.05 Å². The molecule has 0 fully saturated rings. The second-order valence-corrected chi connectivity index (χ2v) is 7.46. The third-order valence-corrected chi connectivity index (χ3v) is 4.72. The van der Waals surface area contributed by atoms with E-state index in [4.69, 9.17) is 29.3 Å². The Bertz CT molecular complexity index is 968. The third-order valence-electron chi connectivity index (χ3n) is 4.72. The molecule has 36 heavy (non-hydrogen) atoms. The number of halogens is 6. The average molecular weight is 529 g/mol. The van der Waals surface area contributed by atoms with Gasteiger partial charge in [0.15, 0.2) is 0 Å². The first-order valence-electron chi connectivity index (χ1n) is 10.0. The Morgan fingerprint density at radius 1 is 1.03 bits per heavy atom. The van der Waals surface area contributed by atoms with Gasteiger partial charge in [-0.25, -0.2) is 14.6 Å². The van der Waals surface area contributed by atoms with E-state index in [2.05, 4.69) is 33.6 Å². The molecule has 1 aliphatic rings. The van der Waals surface area contributed by atoms with E-state index in [1.165, 1.54) is 17.0 Å². The van der Waals surface area contributed by atoms with Crippen LogP contribution in [-0.4, -0.2) is 76.3 Å². The lowest BCUT2D eigenvalue weighted by atomic mass is 9.98. The summed E-state index contributed by atoms with van der Waals surface area (Å²) in [4.78, 5) is 24.8. The van der Waals surface area contributed by atoms with Crippen molar-refractivity contribution in [1.82, 2.24) is 14.5 Å². The van der Waals surface area contributed by atoms with Crippen molar-refractivity contribution < 1.29 is 55.6 Å². The molecule has 15 heteroatoms. The van der Waals surface area contributed by atoms with Crippen molar-refractivity contribution in [3.63, 3.8) is 0 Å². The van der Waals surface area contributed by atoms with Gasteiger partial charge in [0.05, 0.1) is 25.7 Å². The van der Waals surface area contributed by atoms with Gasteiger partial charge in [0.25, 0.3) is 0 Å². The molecule has 1 unspecified atom stereocenters. The van der Waals surface area contributed by atoms with Crippen LogP contribution in [0, 0.1) is 0 Å².